The molecule has 2 amide bonds. The second-order valence-electron chi connectivity index (χ2n) is 4.82. The normalized spacial score (nSPS) is 21.6. The Morgan fingerprint density at radius 3 is 2.47 bits per heavy atom. The van der Waals surface area contributed by atoms with Crippen LogP contribution in [0.1, 0.15) is 19.3 Å². The molecule has 0 radical (unpaired) electrons. The quantitative estimate of drug-likeness (QED) is 0.663. The first-order valence-corrected chi connectivity index (χ1v) is 6.45. The van der Waals surface area contributed by atoms with Crippen LogP contribution in [0.4, 0.5) is 4.79 Å². The molecule has 0 aromatic carbocycles. The van der Waals surface area contributed by atoms with Crippen molar-refractivity contribution in [3.63, 3.8) is 0 Å². The molecule has 2 saturated heterocycles. The van der Waals surface area contributed by atoms with Crippen molar-refractivity contribution in [1.82, 2.24) is 14.7 Å². The maximum absolute atomic E-state index is 11.7. The highest BCUT2D eigenvalue weighted by Crippen LogP contribution is 2.06. The molecular formula is C13H21N3O. The van der Waals surface area contributed by atoms with Gasteiger partial charge in [-0.1, -0.05) is 11.8 Å². The van der Waals surface area contributed by atoms with Gasteiger partial charge in [-0.25, -0.2) is 4.79 Å². The van der Waals surface area contributed by atoms with E-state index < -0.39 is 0 Å². The molecular weight excluding hydrogens is 214 g/mol. The number of amides is 2. The van der Waals surface area contributed by atoms with E-state index in [9.17, 15) is 4.79 Å². The molecule has 0 N–H and O–H groups in total. The van der Waals surface area contributed by atoms with Gasteiger partial charge >= 0.3 is 6.03 Å². The van der Waals surface area contributed by atoms with E-state index in [1.54, 1.807) is 4.90 Å². The van der Waals surface area contributed by atoms with Crippen LogP contribution in [0.2, 0.25) is 0 Å². The lowest BCUT2D eigenvalue weighted by Crippen LogP contribution is -2.47. The molecule has 0 spiro atoms. The van der Waals surface area contributed by atoms with E-state index in [0.717, 1.165) is 26.1 Å². The number of rotatable bonds is 2. The van der Waals surface area contributed by atoms with Crippen molar-refractivity contribution in [3.8, 4) is 11.8 Å². The Balaban J connectivity index is 1.73. The van der Waals surface area contributed by atoms with Gasteiger partial charge in [0, 0.05) is 20.1 Å². The topological polar surface area (TPSA) is 26.8 Å². The lowest BCUT2D eigenvalue weighted by atomic mass is 10.3. The minimum atomic E-state index is 0.117. The molecule has 2 aliphatic rings. The van der Waals surface area contributed by atoms with Crippen LogP contribution in [-0.4, -0.2) is 67.0 Å². The summed E-state index contributed by atoms with van der Waals surface area (Å²) >= 11 is 0. The molecule has 2 heterocycles. The average Bonchev–Trinajstić information content (AvgIpc) is 2.83. The summed E-state index contributed by atoms with van der Waals surface area (Å²) in [5.41, 5.74) is 0. The smallest absolute Gasteiger partial charge is 0.320 e. The molecule has 17 heavy (non-hydrogen) atoms. The summed E-state index contributed by atoms with van der Waals surface area (Å²) in [7, 11) is 1.85. The average molecular weight is 235 g/mol. The standard InChI is InChI=1S/C13H21N3O/c1-14-7-6-12-16(13(14)17)11-5-4-10-15-8-2-3-9-15/h2-3,6-12H2,1H3. The zero-order valence-electron chi connectivity index (χ0n) is 10.6. The predicted octanol–water partition coefficient (Wildman–Crippen LogP) is 0.843. The molecule has 2 rings (SSSR count). The fourth-order valence-electron chi connectivity index (χ4n) is 2.34. The van der Waals surface area contributed by atoms with Gasteiger partial charge in [-0.3, -0.25) is 4.90 Å². The maximum atomic E-state index is 11.7. The molecule has 94 valence electrons. The Bertz CT molecular complexity index is 325. The van der Waals surface area contributed by atoms with E-state index in [1.807, 2.05) is 11.9 Å². The number of likely N-dealkylation sites (tertiary alicyclic amines) is 1. The van der Waals surface area contributed by atoms with E-state index in [0.29, 0.717) is 6.54 Å². The molecule has 2 aliphatic heterocycles. The monoisotopic (exact) mass is 235 g/mol. The third-order valence-electron chi connectivity index (χ3n) is 3.41. The summed E-state index contributed by atoms with van der Waals surface area (Å²) in [6.07, 6.45) is 3.66. The third kappa shape index (κ3) is 3.37. The van der Waals surface area contributed by atoms with Crippen LogP contribution >= 0.6 is 0 Å². The zero-order valence-corrected chi connectivity index (χ0v) is 10.6. The molecule has 0 saturated carbocycles. The predicted molar refractivity (Wildman–Crippen MR) is 67.7 cm³/mol. The summed E-state index contributed by atoms with van der Waals surface area (Å²) in [4.78, 5) is 17.7. The van der Waals surface area contributed by atoms with E-state index in [1.165, 1.54) is 25.9 Å². The van der Waals surface area contributed by atoms with Crippen molar-refractivity contribution in [3.05, 3.63) is 0 Å². The number of carbonyl (C=O) groups excluding carboxylic acids is 1. The van der Waals surface area contributed by atoms with Crippen LogP contribution in [0.5, 0.6) is 0 Å². The zero-order chi connectivity index (χ0) is 12.1. The Kier molecular flexibility index (Phi) is 4.27. The van der Waals surface area contributed by atoms with Gasteiger partial charge < -0.3 is 9.80 Å². The minimum Gasteiger partial charge on any atom is -0.328 e. The lowest BCUT2D eigenvalue weighted by molar-refractivity contribution is 0.148. The van der Waals surface area contributed by atoms with Gasteiger partial charge in [0.15, 0.2) is 0 Å². The molecule has 4 heteroatoms. The summed E-state index contributed by atoms with van der Waals surface area (Å²) in [5, 5.41) is 0. The van der Waals surface area contributed by atoms with E-state index in [2.05, 4.69) is 16.7 Å². The second kappa shape index (κ2) is 5.92. The van der Waals surface area contributed by atoms with Crippen molar-refractivity contribution in [1.29, 1.82) is 0 Å². The highest BCUT2D eigenvalue weighted by Gasteiger charge is 2.21. The van der Waals surface area contributed by atoms with Crippen LogP contribution in [0.3, 0.4) is 0 Å². The highest BCUT2D eigenvalue weighted by molar-refractivity contribution is 5.75. The van der Waals surface area contributed by atoms with E-state index >= 15 is 0 Å². The Morgan fingerprint density at radius 1 is 1.00 bits per heavy atom. The summed E-state index contributed by atoms with van der Waals surface area (Å²) in [5.74, 6) is 6.29. The number of urea groups is 1. The van der Waals surface area contributed by atoms with Crippen molar-refractivity contribution in [2.24, 2.45) is 0 Å². The van der Waals surface area contributed by atoms with E-state index in [-0.39, 0.29) is 6.03 Å². The van der Waals surface area contributed by atoms with Crippen LogP contribution in [0.15, 0.2) is 0 Å². The number of hydrogen-bond acceptors (Lipinski definition) is 2. The maximum Gasteiger partial charge on any atom is 0.320 e. The van der Waals surface area contributed by atoms with Crippen LogP contribution in [0.25, 0.3) is 0 Å². The summed E-state index contributed by atoms with van der Waals surface area (Å²) in [6.45, 7) is 5.52. The van der Waals surface area contributed by atoms with Gasteiger partial charge in [0.25, 0.3) is 0 Å². The minimum absolute atomic E-state index is 0.117. The molecule has 2 fully saturated rings. The van der Waals surface area contributed by atoms with Gasteiger partial charge in [-0.05, 0) is 32.4 Å². The summed E-state index contributed by atoms with van der Waals surface area (Å²) < 4.78 is 0. The van der Waals surface area contributed by atoms with Crippen LogP contribution in [0, 0.1) is 11.8 Å². The summed E-state index contributed by atoms with van der Waals surface area (Å²) in [6, 6.07) is 0.117. The third-order valence-corrected chi connectivity index (χ3v) is 3.41. The molecule has 0 bridgehead atoms. The van der Waals surface area contributed by atoms with Gasteiger partial charge in [0.05, 0.1) is 13.1 Å². The molecule has 0 aromatic rings. The largest absolute Gasteiger partial charge is 0.328 e. The van der Waals surface area contributed by atoms with Gasteiger partial charge in [0.1, 0.15) is 0 Å². The molecule has 0 atom stereocenters. The number of hydrogen-bond donors (Lipinski definition) is 0. The van der Waals surface area contributed by atoms with Crippen molar-refractivity contribution in [2.75, 3.05) is 46.3 Å². The fraction of sp³-hybridized carbons (Fsp3) is 0.769. The molecule has 0 unspecified atom stereocenters. The van der Waals surface area contributed by atoms with Crippen molar-refractivity contribution in [2.45, 2.75) is 19.3 Å². The SMILES string of the molecule is CN1CCCN(CC#CCN2CCCC2)C1=O. The van der Waals surface area contributed by atoms with Crippen LogP contribution < -0.4 is 0 Å². The lowest BCUT2D eigenvalue weighted by Gasteiger charge is -2.31. The first-order chi connectivity index (χ1) is 8.27. The molecule has 0 aromatic heterocycles. The number of nitrogens with zero attached hydrogens (tertiary/aromatic N) is 3. The Hall–Kier alpha value is -1.21. The first kappa shape index (κ1) is 12.3. The second-order valence-corrected chi connectivity index (χ2v) is 4.82. The highest BCUT2D eigenvalue weighted by atomic mass is 16.2. The molecule has 0 aliphatic carbocycles. The Labute approximate surface area is 104 Å². The van der Waals surface area contributed by atoms with Gasteiger partial charge in [-0.15, -0.1) is 0 Å². The van der Waals surface area contributed by atoms with Crippen molar-refractivity contribution < 1.29 is 4.79 Å². The fourth-order valence-corrected chi connectivity index (χ4v) is 2.34. The van der Waals surface area contributed by atoms with E-state index in [4.69, 9.17) is 0 Å². The Morgan fingerprint density at radius 2 is 1.71 bits per heavy atom. The van der Waals surface area contributed by atoms with Gasteiger partial charge in [0.2, 0.25) is 0 Å². The van der Waals surface area contributed by atoms with Gasteiger partial charge in [-0.2, -0.15) is 0 Å². The van der Waals surface area contributed by atoms with Crippen LogP contribution in [-0.2, 0) is 0 Å². The number of carbonyl (C=O) groups is 1. The van der Waals surface area contributed by atoms with Crippen molar-refractivity contribution >= 4 is 6.03 Å². The first-order valence-electron chi connectivity index (χ1n) is 6.45. The molecule has 4 nitrogen and oxygen atoms in total.